The van der Waals surface area contributed by atoms with Gasteiger partial charge in [0, 0.05) is 15.6 Å². The van der Waals surface area contributed by atoms with Crippen LogP contribution < -0.4 is 0 Å². The minimum absolute atomic E-state index is 0.172. The van der Waals surface area contributed by atoms with Crippen LogP contribution >= 0.6 is 15.9 Å². The molecule has 0 atom stereocenters. The van der Waals surface area contributed by atoms with Gasteiger partial charge in [0.2, 0.25) is 0 Å². The Morgan fingerprint density at radius 1 is 1.10 bits per heavy atom. The normalized spacial score (nSPS) is 16.3. The largest absolute Gasteiger partial charge is 0.289 e. The lowest BCUT2D eigenvalue weighted by molar-refractivity contribution is 0.102. The number of benzene rings is 2. The summed E-state index contributed by atoms with van der Waals surface area (Å²) in [5, 5.41) is 0. The fourth-order valence-electron chi connectivity index (χ4n) is 2.64. The molecule has 100 valence electrons. The number of hydrogen-bond donors (Lipinski definition) is 0. The first-order valence-electron chi connectivity index (χ1n) is 6.74. The van der Waals surface area contributed by atoms with Gasteiger partial charge in [0.05, 0.1) is 0 Å². The Bertz CT molecular complexity index is 713. The molecular weight excluding hydrogens is 312 g/mol. The summed E-state index contributed by atoms with van der Waals surface area (Å²) in [7, 11) is 0. The molecule has 0 aliphatic heterocycles. The summed E-state index contributed by atoms with van der Waals surface area (Å²) in [5.74, 6) is 0.172. The molecule has 0 unspecified atom stereocenters. The highest BCUT2D eigenvalue weighted by Gasteiger charge is 2.21. The molecule has 0 saturated carbocycles. The maximum absolute atomic E-state index is 12.5. The fraction of sp³-hybridized carbons (Fsp3) is 0.167. The number of carbonyl (C=O) groups excluding carboxylic acids is 1. The Labute approximate surface area is 127 Å². The quantitative estimate of drug-likeness (QED) is 0.676. The first-order valence-corrected chi connectivity index (χ1v) is 7.53. The number of halogens is 1. The Kier molecular flexibility index (Phi) is 3.58. The number of fused-ring (bicyclic) bond motifs is 1. The SMILES string of the molecule is Cc1ccc2c(c1)CC/C(=C\c1cccc(Br)c1)C2=O. The first-order chi connectivity index (χ1) is 9.63. The summed E-state index contributed by atoms with van der Waals surface area (Å²) in [6.45, 7) is 2.07. The van der Waals surface area contributed by atoms with Crippen molar-refractivity contribution >= 4 is 27.8 Å². The second-order valence-corrected chi connectivity index (χ2v) is 6.13. The molecule has 0 heterocycles. The van der Waals surface area contributed by atoms with Gasteiger partial charge in [-0.3, -0.25) is 4.79 Å². The number of hydrogen-bond acceptors (Lipinski definition) is 1. The van der Waals surface area contributed by atoms with Crippen molar-refractivity contribution in [2.75, 3.05) is 0 Å². The summed E-state index contributed by atoms with van der Waals surface area (Å²) < 4.78 is 1.03. The first kappa shape index (κ1) is 13.3. The van der Waals surface area contributed by atoms with Gasteiger partial charge in [-0.25, -0.2) is 0 Å². The van der Waals surface area contributed by atoms with Gasteiger partial charge in [-0.2, -0.15) is 0 Å². The molecule has 0 bridgehead atoms. The molecule has 2 aromatic carbocycles. The van der Waals surface area contributed by atoms with Gasteiger partial charge in [-0.05, 0) is 49.1 Å². The summed E-state index contributed by atoms with van der Waals surface area (Å²) in [6.07, 6.45) is 3.78. The smallest absolute Gasteiger partial charge is 0.189 e. The van der Waals surface area contributed by atoms with E-state index in [9.17, 15) is 4.79 Å². The minimum atomic E-state index is 0.172. The van der Waals surface area contributed by atoms with Crippen molar-refractivity contribution in [2.24, 2.45) is 0 Å². The van der Waals surface area contributed by atoms with Crippen molar-refractivity contribution in [1.29, 1.82) is 0 Å². The van der Waals surface area contributed by atoms with E-state index in [2.05, 4.69) is 28.9 Å². The van der Waals surface area contributed by atoms with Crippen LogP contribution in [0.3, 0.4) is 0 Å². The molecule has 0 fully saturated rings. The molecular formula is C18H15BrO. The van der Waals surface area contributed by atoms with E-state index < -0.39 is 0 Å². The molecule has 2 heteroatoms. The summed E-state index contributed by atoms with van der Waals surface area (Å²) in [4.78, 5) is 12.5. The number of carbonyl (C=O) groups is 1. The van der Waals surface area contributed by atoms with Crippen LogP contribution in [0.2, 0.25) is 0 Å². The lowest BCUT2D eigenvalue weighted by Crippen LogP contribution is -2.14. The van der Waals surface area contributed by atoms with Crippen molar-refractivity contribution in [3.05, 3.63) is 74.8 Å². The summed E-state index contributed by atoms with van der Waals surface area (Å²) in [6, 6.07) is 14.1. The second kappa shape index (κ2) is 5.37. The zero-order valence-electron chi connectivity index (χ0n) is 11.3. The molecule has 0 N–H and O–H groups in total. The maximum atomic E-state index is 12.5. The molecule has 1 nitrogen and oxygen atoms in total. The Hall–Kier alpha value is -1.67. The topological polar surface area (TPSA) is 17.1 Å². The molecule has 20 heavy (non-hydrogen) atoms. The van der Waals surface area contributed by atoms with Gasteiger partial charge in [0.25, 0.3) is 0 Å². The molecule has 0 aromatic heterocycles. The van der Waals surface area contributed by atoms with Gasteiger partial charge in [0.15, 0.2) is 5.78 Å². The van der Waals surface area contributed by atoms with E-state index in [1.54, 1.807) is 0 Å². The Morgan fingerprint density at radius 2 is 1.95 bits per heavy atom. The van der Waals surface area contributed by atoms with Gasteiger partial charge >= 0.3 is 0 Å². The number of rotatable bonds is 1. The van der Waals surface area contributed by atoms with Crippen molar-refractivity contribution in [2.45, 2.75) is 19.8 Å². The number of ketones is 1. The molecule has 2 aromatic rings. The van der Waals surface area contributed by atoms with E-state index in [-0.39, 0.29) is 5.78 Å². The van der Waals surface area contributed by atoms with Crippen LogP contribution in [0.25, 0.3) is 6.08 Å². The predicted octanol–water partition coefficient (Wildman–Crippen LogP) is 4.97. The average Bonchev–Trinajstić information content (AvgIpc) is 2.42. The maximum Gasteiger partial charge on any atom is 0.189 e. The molecule has 0 saturated heterocycles. The van der Waals surface area contributed by atoms with Gasteiger partial charge in [0.1, 0.15) is 0 Å². The van der Waals surface area contributed by atoms with Gasteiger partial charge in [-0.15, -0.1) is 0 Å². The van der Waals surface area contributed by atoms with E-state index in [0.29, 0.717) is 0 Å². The van der Waals surface area contributed by atoms with Crippen molar-refractivity contribution < 1.29 is 4.79 Å². The molecule has 1 aliphatic rings. The van der Waals surface area contributed by atoms with Gasteiger partial charge < -0.3 is 0 Å². The van der Waals surface area contributed by atoms with Crippen LogP contribution in [0.1, 0.15) is 33.5 Å². The van der Waals surface area contributed by atoms with Crippen molar-refractivity contribution in [1.82, 2.24) is 0 Å². The lowest BCUT2D eigenvalue weighted by Gasteiger charge is -2.18. The zero-order chi connectivity index (χ0) is 14.1. The molecule has 3 rings (SSSR count). The summed E-state index contributed by atoms with van der Waals surface area (Å²) in [5.41, 5.74) is 5.23. The number of allylic oxidation sites excluding steroid dienone is 1. The Balaban J connectivity index is 1.98. The van der Waals surface area contributed by atoms with Crippen LogP contribution in [-0.2, 0) is 6.42 Å². The van der Waals surface area contributed by atoms with Crippen LogP contribution in [0.15, 0.2) is 52.5 Å². The third kappa shape index (κ3) is 2.61. The number of Topliss-reactive ketones (excluding diaryl/α,β-unsaturated/α-hetero) is 1. The highest BCUT2D eigenvalue weighted by molar-refractivity contribution is 9.10. The minimum Gasteiger partial charge on any atom is -0.289 e. The summed E-state index contributed by atoms with van der Waals surface area (Å²) >= 11 is 3.46. The lowest BCUT2D eigenvalue weighted by atomic mass is 9.85. The van der Waals surface area contributed by atoms with Crippen LogP contribution in [0.4, 0.5) is 0 Å². The highest BCUT2D eigenvalue weighted by atomic mass is 79.9. The highest BCUT2D eigenvalue weighted by Crippen LogP contribution is 2.27. The van der Waals surface area contributed by atoms with E-state index in [4.69, 9.17) is 0 Å². The third-order valence-corrected chi connectivity index (χ3v) is 4.14. The second-order valence-electron chi connectivity index (χ2n) is 5.21. The molecule has 1 aliphatic carbocycles. The van der Waals surface area contributed by atoms with Crippen LogP contribution in [0, 0.1) is 6.92 Å². The van der Waals surface area contributed by atoms with Crippen LogP contribution in [-0.4, -0.2) is 5.78 Å². The van der Waals surface area contributed by atoms with Crippen LogP contribution in [0.5, 0.6) is 0 Å². The number of aryl methyl sites for hydroxylation is 2. The standard InChI is InChI=1S/C18H15BrO/c1-12-5-8-17-14(9-12)6-7-15(18(17)20)10-13-3-2-4-16(19)11-13/h2-5,8-11H,6-7H2,1H3/b15-10+. The predicted molar refractivity (Wildman–Crippen MR) is 85.9 cm³/mol. The van der Waals surface area contributed by atoms with E-state index in [0.717, 1.165) is 34.0 Å². The van der Waals surface area contributed by atoms with E-state index >= 15 is 0 Å². The fourth-order valence-corrected chi connectivity index (χ4v) is 3.06. The van der Waals surface area contributed by atoms with E-state index in [1.165, 1.54) is 11.1 Å². The molecule has 0 spiro atoms. The Morgan fingerprint density at radius 3 is 2.75 bits per heavy atom. The molecule has 0 radical (unpaired) electrons. The average molecular weight is 327 g/mol. The monoisotopic (exact) mass is 326 g/mol. The van der Waals surface area contributed by atoms with E-state index in [1.807, 2.05) is 42.5 Å². The third-order valence-electron chi connectivity index (χ3n) is 3.65. The van der Waals surface area contributed by atoms with Crippen molar-refractivity contribution in [3.63, 3.8) is 0 Å². The van der Waals surface area contributed by atoms with Gasteiger partial charge in [-0.1, -0.05) is 51.8 Å². The molecule has 0 amide bonds. The zero-order valence-corrected chi connectivity index (χ0v) is 12.9. The van der Waals surface area contributed by atoms with Crippen molar-refractivity contribution in [3.8, 4) is 0 Å².